The van der Waals surface area contributed by atoms with Gasteiger partial charge in [-0.2, -0.15) is 0 Å². The maximum absolute atomic E-state index is 12.5. The fourth-order valence-electron chi connectivity index (χ4n) is 2.29. The molecule has 1 unspecified atom stereocenters. The number of nitrogens with zero attached hydrogens (tertiary/aromatic N) is 1. The number of benzene rings is 1. The van der Waals surface area contributed by atoms with Crippen LogP contribution in [0, 0.1) is 0 Å². The Morgan fingerprint density at radius 2 is 1.95 bits per heavy atom. The molecule has 112 valence electrons. The summed E-state index contributed by atoms with van der Waals surface area (Å²) in [6.45, 7) is 2.84. The average molecular weight is 286 g/mol. The third kappa shape index (κ3) is 3.52. The van der Waals surface area contributed by atoms with Gasteiger partial charge in [0.1, 0.15) is 5.75 Å². The van der Waals surface area contributed by atoms with Crippen molar-refractivity contribution in [1.29, 1.82) is 0 Å². The first-order chi connectivity index (χ1) is 10.2. The van der Waals surface area contributed by atoms with E-state index in [1.54, 1.807) is 17.7 Å². The molecule has 1 atom stereocenters. The van der Waals surface area contributed by atoms with E-state index in [0.29, 0.717) is 5.56 Å². The van der Waals surface area contributed by atoms with Gasteiger partial charge in [0, 0.05) is 18.3 Å². The van der Waals surface area contributed by atoms with Crippen molar-refractivity contribution < 1.29 is 4.74 Å². The normalized spacial score (nSPS) is 12.1. The summed E-state index contributed by atoms with van der Waals surface area (Å²) in [6, 6.07) is 10.8. The fraction of sp³-hybridized carbons (Fsp3) is 0.353. The molecule has 0 bridgehead atoms. The number of aryl methyl sites for hydroxylation is 1. The first-order valence-electron chi connectivity index (χ1n) is 7.26. The molecule has 2 aromatic rings. The van der Waals surface area contributed by atoms with Gasteiger partial charge in [-0.25, -0.2) is 0 Å². The second-order valence-electron chi connectivity index (χ2n) is 5.07. The molecule has 2 N–H and O–H groups in total. The van der Waals surface area contributed by atoms with Crippen molar-refractivity contribution in [2.45, 2.75) is 32.4 Å². The van der Waals surface area contributed by atoms with E-state index in [1.807, 2.05) is 36.5 Å². The molecule has 0 fully saturated rings. The van der Waals surface area contributed by atoms with Crippen LogP contribution < -0.4 is 16.0 Å². The van der Waals surface area contributed by atoms with Crippen LogP contribution in [0.5, 0.6) is 5.75 Å². The summed E-state index contributed by atoms with van der Waals surface area (Å²) in [4.78, 5) is 12.5. The van der Waals surface area contributed by atoms with E-state index in [-0.39, 0.29) is 5.56 Å². The van der Waals surface area contributed by atoms with Gasteiger partial charge in [-0.1, -0.05) is 31.5 Å². The minimum absolute atomic E-state index is 0.00531. The highest BCUT2D eigenvalue weighted by Crippen LogP contribution is 2.19. The van der Waals surface area contributed by atoms with Crippen LogP contribution in [-0.2, 0) is 6.54 Å². The molecule has 0 saturated carbocycles. The number of ether oxygens (including phenoxy) is 1. The largest absolute Gasteiger partial charge is 0.497 e. The van der Waals surface area contributed by atoms with E-state index in [9.17, 15) is 4.79 Å². The molecule has 1 heterocycles. The van der Waals surface area contributed by atoms with Crippen LogP contribution >= 0.6 is 0 Å². The molecular formula is C17H22N2O2. The van der Waals surface area contributed by atoms with Crippen LogP contribution in [-0.4, -0.2) is 11.7 Å². The smallest absolute Gasteiger partial charge is 0.255 e. The molecule has 1 aromatic carbocycles. The van der Waals surface area contributed by atoms with E-state index >= 15 is 0 Å². The Balaban J connectivity index is 2.29. The summed E-state index contributed by atoms with van der Waals surface area (Å²) >= 11 is 0. The van der Waals surface area contributed by atoms with Gasteiger partial charge >= 0.3 is 0 Å². The van der Waals surface area contributed by atoms with Crippen LogP contribution in [0.3, 0.4) is 0 Å². The summed E-state index contributed by atoms with van der Waals surface area (Å²) in [7, 11) is 1.62. The highest BCUT2D eigenvalue weighted by atomic mass is 16.5. The van der Waals surface area contributed by atoms with Crippen LogP contribution in [0.15, 0.2) is 47.4 Å². The molecule has 0 amide bonds. The third-order valence-electron chi connectivity index (χ3n) is 3.61. The van der Waals surface area contributed by atoms with Gasteiger partial charge in [-0.05, 0) is 30.2 Å². The van der Waals surface area contributed by atoms with Gasteiger partial charge in [-0.15, -0.1) is 0 Å². The minimum atomic E-state index is -0.419. The average Bonchev–Trinajstić information content (AvgIpc) is 2.53. The van der Waals surface area contributed by atoms with Crippen LogP contribution in [0.25, 0.3) is 0 Å². The Labute approximate surface area is 125 Å². The van der Waals surface area contributed by atoms with Crippen LogP contribution in [0.4, 0.5) is 0 Å². The van der Waals surface area contributed by atoms with Crippen LogP contribution in [0.2, 0.25) is 0 Å². The lowest BCUT2D eigenvalue weighted by Crippen LogP contribution is -2.28. The summed E-state index contributed by atoms with van der Waals surface area (Å²) in [5.74, 6) is 0.777. The lowest BCUT2D eigenvalue weighted by Gasteiger charge is -2.14. The number of hydrogen-bond donors (Lipinski definition) is 1. The van der Waals surface area contributed by atoms with E-state index in [2.05, 4.69) is 6.92 Å². The van der Waals surface area contributed by atoms with Crippen molar-refractivity contribution in [3.63, 3.8) is 0 Å². The van der Waals surface area contributed by atoms with Gasteiger partial charge in [-0.3, -0.25) is 4.79 Å². The van der Waals surface area contributed by atoms with Crippen molar-refractivity contribution in [2.75, 3.05) is 7.11 Å². The zero-order chi connectivity index (χ0) is 15.2. The number of methoxy groups -OCH3 is 1. The standard InChI is InChI=1S/C17H22N2O2/c1-3-4-11-19-12-5-6-15(17(19)20)16(18)13-7-9-14(21-2)10-8-13/h5-10,12,16H,3-4,11,18H2,1-2H3. The molecule has 4 heteroatoms. The summed E-state index contributed by atoms with van der Waals surface area (Å²) in [5, 5.41) is 0. The van der Waals surface area contributed by atoms with E-state index in [1.165, 1.54) is 0 Å². The van der Waals surface area contributed by atoms with Crippen molar-refractivity contribution in [3.8, 4) is 5.75 Å². The zero-order valence-corrected chi connectivity index (χ0v) is 12.6. The van der Waals surface area contributed by atoms with Crippen LogP contribution in [0.1, 0.15) is 36.9 Å². The minimum Gasteiger partial charge on any atom is -0.497 e. The van der Waals surface area contributed by atoms with Gasteiger partial charge < -0.3 is 15.0 Å². The van der Waals surface area contributed by atoms with Crippen molar-refractivity contribution in [3.05, 3.63) is 64.1 Å². The topological polar surface area (TPSA) is 57.2 Å². The maximum Gasteiger partial charge on any atom is 0.255 e. The molecule has 0 spiro atoms. The maximum atomic E-state index is 12.5. The predicted octanol–water partition coefficient (Wildman–Crippen LogP) is 2.71. The summed E-state index contributed by atoms with van der Waals surface area (Å²) in [6.07, 6.45) is 3.87. The van der Waals surface area contributed by atoms with Gasteiger partial charge in [0.05, 0.1) is 13.2 Å². The Morgan fingerprint density at radius 1 is 1.24 bits per heavy atom. The first-order valence-corrected chi connectivity index (χ1v) is 7.26. The van der Waals surface area contributed by atoms with E-state index in [0.717, 1.165) is 30.7 Å². The van der Waals surface area contributed by atoms with Crippen molar-refractivity contribution in [1.82, 2.24) is 4.57 Å². The molecule has 0 saturated heterocycles. The van der Waals surface area contributed by atoms with E-state index in [4.69, 9.17) is 10.5 Å². The molecule has 0 aliphatic carbocycles. The number of aromatic nitrogens is 1. The van der Waals surface area contributed by atoms with Gasteiger partial charge in [0.2, 0.25) is 0 Å². The predicted molar refractivity (Wildman–Crippen MR) is 84.6 cm³/mol. The Kier molecular flexibility index (Phi) is 5.17. The van der Waals surface area contributed by atoms with Gasteiger partial charge in [0.15, 0.2) is 0 Å². The molecule has 0 aliphatic rings. The van der Waals surface area contributed by atoms with Crippen molar-refractivity contribution >= 4 is 0 Å². The third-order valence-corrected chi connectivity index (χ3v) is 3.61. The first kappa shape index (κ1) is 15.3. The molecule has 0 aliphatic heterocycles. The van der Waals surface area contributed by atoms with Crippen molar-refractivity contribution in [2.24, 2.45) is 5.73 Å². The summed E-state index contributed by atoms with van der Waals surface area (Å²) < 4.78 is 6.87. The molecule has 4 nitrogen and oxygen atoms in total. The quantitative estimate of drug-likeness (QED) is 0.888. The summed E-state index contributed by atoms with van der Waals surface area (Å²) in [5.41, 5.74) is 7.77. The zero-order valence-electron chi connectivity index (χ0n) is 12.6. The second-order valence-corrected chi connectivity index (χ2v) is 5.07. The number of pyridine rings is 1. The fourth-order valence-corrected chi connectivity index (χ4v) is 2.29. The SMILES string of the molecule is CCCCn1cccc(C(N)c2ccc(OC)cc2)c1=O. The highest BCUT2D eigenvalue weighted by molar-refractivity contribution is 5.34. The Morgan fingerprint density at radius 3 is 2.57 bits per heavy atom. The second kappa shape index (κ2) is 7.09. The number of hydrogen-bond acceptors (Lipinski definition) is 3. The molecule has 21 heavy (non-hydrogen) atoms. The Hall–Kier alpha value is -2.07. The monoisotopic (exact) mass is 286 g/mol. The lowest BCUT2D eigenvalue weighted by atomic mass is 10.0. The molecule has 0 radical (unpaired) electrons. The lowest BCUT2D eigenvalue weighted by molar-refractivity contribution is 0.414. The molecular weight excluding hydrogens is 264 g/mol. The number of rotatable bonds is 6. The Bertz CT molecular complexity index is 632. The number of nitrogens with two attached hydrogens (primary N) is 1. The number of unbranched alkanes of at least 4 members (excludes halogenated alkanes) is 1. The van der Waals surface area contributed by atoms with E-state index < -0.39 is 6.04 Å². The molecule has 2 rings (SSSR count). The highest BCUT2D eigenvalue weighted by Gasteiger charge is 2.14. The molecule has 1 aromatic heterocycles. The van der Waals surface area contributed by atoms with Gasteiger partial charge in [0.25, 0.3) is 5.56 Å².